The fraction of sp³-hybridized carbons (Fsp3) is 1.00. The highest BCUT2D eigenvalue weighted by molar-refractivity contribution is 4.84. The predicted octanol–water partition coefficient (Wildman–Crippen LogP) is 1.09. The van der Waals surface area contributed by atoms with Gasteiger partial charge in [0.05, 0.1) is 12.7 Å². The van der Waals surface area contributed by atoms with Gasteiger partial charge in [0, 0.05) is 32.3 Å². The molecule has 1 fully saturated rings. The lowest BCUT2D eigenvalue weighted by Gasteiger charge is -2.20. The van der Waals surface area contributed by atoms with Gasteiger partial charge in [-0.3, -0.25) is 4.90 Å². The van der Waals surface area contributed by atoms with Gasteiger partial charge in [0.2, 0.25) is 0 Å². The average Bonchev–Trinajstić information content (AvgIpc) is 3.13. The smallest absolute Gasteiger partial charge is 0.0897 e. The van der Waals surface area contributed by atoms with E-state index >= 15 is 0 Å². The van der Waals surface area contributed by atoms with Crippen molar-refractivity contribution in [3.8, 4) is 0 Å². The maximum atomic E-state index is 9.70. The lowest BCUT2D eigenvalue weighted by Crippen LogP contribution is -2.37. The second-order valence-corrected chi connectivity index (χ2v) is 5.65. The fourth-order valence-corrected chi connectivity index (χ4v) is 2.03. The SMILES string of the molecule is CCN(CCNCC(O)COCC(C)C)C1CC1. The van der Waals surface area contributed by atoms with E-state index in [0.29, 0.717) is 19.1 Å². The van der Waals surface area contributed by atoms with Gasteiger partial charge in [-0.05, 0) is 25.3 Å². The van der Waals surface area contributed by atoms with E-state index in [1.54, 1.807) is 0 Å². The third kappa shape index (κ3) is 7.31. The summed E-state index contributed by atoms with van der Waals surface area (Å²) in [4.78, 5) is 2.51. The van der Waals surface area contributed by atoms with Crippen LogP contribution in [0.4, 0.5) is 0 Å². The molecule has 0 radical (unpaired) electrons. The molecule has 1 atom stereocenters. The summed E-state index contributed by atoms with van der Waals surface area (Å²) in [7, 11) is 0. The van der Waals surface area contributed by atoms with Crippen LogP contribution in [-0.2, 0) is 4.74 Å². The van der Waals surface area contributed by atoms with Gasteiger partial charge in [0.1, 0.15) is 0 Å². The summed E-state index contributed by atoms with van der Waals surface area (Å²) in [5, 5.41) is 13.0. The molecule has 4 nitrogen and oxygen atoms in total. The minimum absolute atomic E-state index is 0.389. The Morgan fingerprint density at radius 1 is 1.33 bits per heavy atom. The van der Waals surface area contributed by atoms with Crippen molar-refractivity contribution in [1.29, 1.82) is 0 Å². The van der Waals surface area contributed by atoms with Crippen molar-refractivity contribution in [1.82, 2.24) is 10.2 Å². The highest BCUT2D eigenvalue weighted by Crippen LogP contribution is 2.25. The molecule has 0 heterocycles. The molecule has 1 saturated carbocycles. The number of hydrogen-bond donors (Lipinski definition) is 2. The van der Waals surface area contributed by atoms with Crippen molar-refractivity contribution in [2.45, 2.75) is 45.8 Å². The normalized spacial score (nSPS) is 17.7. The highest BCUT2D eigenvalue weighted by atomic mass is 16.5. The molecule has 1 aliphatic rings. The monoisotopic (exact) mass is 258 g/mol. The molecule has 4 heteroatoms. The minimum Gasteiger partial charge on any atom is -0.389 e. The molecule has 108 valence electrons. The molecule has 1 aliphatic carbocycles. The Bertz CT molecular complexity index is 208. The van der Waals surface area contributed by atoms with Gasteiger partial charge < -0.3 is 15.2 Å². The molecule has 0 amide bonds. The van der Waals surface area contributed by atoms with E-state index in [1.165, 1.54) is 12.8 Å². The summed E-state index contributed by atoms with van der Waals surface area (Å²) in [5.74, 6) is 0.529. The van der Waals surface area contributed by atoms with E-state index in [4.69, 9.17) is 4.74 Å². The molecule has 1 rings (SSSR count). The third-order valence-electron chi connectivity index (χ3n) is 3.19. The minimum atomic E-state index is -0.389. The number of aliphatic hydroxyl groups excluding tert-OH is 1. The van der Waals surface area contributed by atoms with Crippen LogP contribution < -0.4 is 5.32 Å². The van der Waals surface area contributed by atoms with Gasteiger partial charge in [-0.25, -0.2) is 0 Å². The van der Waals surface area contributed by atoms with Crippen LogP contribution in [0.25, 0.3) is 0 Å². The van der Waals surface area contributed by atoms with Gasteiger partial charge in [0.25, 0.3) is 0 Å². The van der Waals surface area contributed by atoms with Gasteiger partial charge in [0.15, 0.2) is 0 Å². The topological polar surface area (TPSA) is 44.7 Å². The number of rotatable bonds is 11. The Balaban J connectivity index is 1.92. The molecule has 0 aromatic heterocycles. The molecule has 18 heavy (non-hydrogen) atoms. The lowest BCUT2D eigenvalue weighted by molar-refractivity contribution is 0.0260. The number of aliphatic hydroxyl groups is 1. The first-order chi connectivity index (χ1) is 8.63. The highest BCUT2D eigenvalue weighted by Gasteiger charge is 2.26. The van der Waals surface area contributed by atoms with E-state index < -0.39 is 0 Å². The van der Waals surface area contributed by atoms with E-state index in [2.05, 4.69) is 31.0 Å². The largest absolute Gasteiger partial charge is 0.389 e. The van der Waals surface area contributed by atoms with Crippen LogP contribution in [0.2, 0.25) is 0 Å². The molecule has 0 spiro atoms. The fourth-order valence-electron chi connectivity index (χ4n) is 2.03. The van der Waals surface area contributed by atoms with Crippen molar-refractivity contribution in [3.05, 3.63) is 0 Å². The van der Waals surface area contributed by atoms with Crippen LogP contribution in [0.3, 0.4) is 0 Å². The quantitative estimate of drug-likeness (QED) is 0.545. The van der Waals surface area contributed by atoms with E-state index in [9.17, 15) is 5.11 Å². The van der Waals surface area contributed by atoms with Crippen LogP contribution >= 0.6 is 0 Å². The van der Waals surface area contributed by atoms with Crippen molar-refractivity contribution in [3.63, 3.8) is 0 Å². The van der Waals surface area contributed by atoms with Crippen LogP contribution in [0.1, 0.15) is 33.6 Å². The average molecular weight is 258 g/mol. The summed E-state index contributed by atoms with van der Waals surface area (Å²) < 4.78 is 5.40. The third-order valence-corrected chi connectivity index (χ3v) is 3.19. The molecule has 0 aromatic rings. The van der Waals surface area contributed by atoms with E-state index in [-0.39, 0.29) is 6.10 Å². The summed E-state index contributed by atoms with van der Waals surface area (Å²) in [5.41, 5.74) is 0. The first-order valence-electron chi connectivity index (χ1n) is 7.34. The first-order valence-corrected chi connectivity index (χ1v) is 7.34. The van der Waals surface area contributed by atoms with E-state index in [0.717, 1.165) is 32.3 Å². The predicted molar refractivity (Wildman–Crippen MR) is 74.8 cm³/mol. The zero-order valence-electron chi connectivity index (χ0n) is 12.2. The molecule has 2 N–H and O–H groups in total. The Labute approximate surface area is 112 Å². The zero-order chi connectivity index (χ0) is 13.4. The number of likely N-dealkylation sites (N-methyl/N-ethyl adjacent to an activating group) is 1. The van der Waals surface area contributed by atoms with Crippen molar-refractivity contribution < 1.29 is 9.84 Å². The summed E-state index contributed by atoms with van der Waals surface area (Å²) in [6, 6.07) is 0.830. The summed E-state index contributed by atoms with van der Waals surface area (Å²) in [6.45, 7) is 11.4. The maximum absolute atomic E-state index is 9.70. The molecular formula is C14H30N2O2. The second kappa shape index (κ2) is 8.86. The van der Waals surface area contributed by atoms with Crippen molar-refractivity contribution >= 4 is 0 Å². The zero-order valence-corrected chi connectivity index (χ0v) is 12.2. The van der Waals surface area contributed by atoms with Crippen LogP contribution in [0.5, 0.6) is 0 Å². The van der Waals surface area contributed by atoms with Gasteiger partial charge in [-0.1, -0.05) is 20.8 Å². The summed E-state index contributed by atoms with van der Waals surface area (Å²) >= 11 is 0. The first kappa shape index (κ1) is 15.9. The Morgan fingerprint density at radius 3 is 2.61 bits per heavy atom. The maximum Gasteiger partial charge on any atom is 0.0897 e. The van der Waals surface area contributed by atoms with Crippen LogP contribution in [0, 0.1) is 5.92 Å². The van der Waals surface area contributed by atoms with Crippen LogP contribution in [0.15, 0.2) is 0 Å². The molecular weight excluding hydrogens is 228 g/mol. The second-order valence-electron chi connectivity index (χ2n) is 5.65. The number of ether oxygens (including phenoxy) is 1. The molecule has 0 aliphatic heterocycles. The van der Waals surface area contributed by atoms with Crippen LogP contribution in [-0.4, -0.2) is 61.5 Å². The molecule has 1 unspecified atom stereocenters. The molecule has 0 saturated heterocycles. The standard InChI is InChI=1S/C14H30N2O2/c1-4-16(13-5-6-13)8-7-15-9-14(17)11-18-10-12(2)3/h12-15,17H,4-11H2,1-3H3. The number of nitrogens with zero attached hydrogens (tertiary/aromatic N) is 1. The van der Waals surface area contributed by atoms with Gasteiger partial charge in [-0.2, -0.15) is 0 Å². The Hall–Kier alpha value is -0.160. The Kier molecular flexibility index (Phi) is 7.82. The van der Waals surface area contributed by atoms with Crippen molar-refractivity contribution in [2.75, 3.05) is 39.4 Å². The van der Waals surface area contributed by atoms with Gasteiger partial charge >= 0.3 is 0 Å². The van der Waals surface area contributed by atoms with Crippen molar-refractivity contribution in [2.24, 2.45) is 5.92 Å². The Morgan fingerprint density at radius 2 is 2.06 bits per heavy atom. The number of nitrogens with one attached hydrogen (secondary N) is 1. The lowest BCUT2D eigenvalue weighted by atomic mass is 10.2. The van der Waals surface area contributed by atoms with E-state index in [1.807, 2.05) is 0 Å². The summed E-state index contributed by atoms with van der Waals surface area (Å²) in [6.07, 6.45) is 2.33. The molecule has 0 bridgehead atoms. The van der Waals surface area contributed by atoms with Gasteiger partial charge in [-0.15, -0.1) is 0 Å². The molecule has 0 aromatic carbocycles. The number of hydrogen-bond acceptors (Lipinski definition) is 4.